The van der Waals surface area contributed by atoms with Gasteiger partial charge in [0.1, 0.15) is 5.82 Å². The molecule has 5 heteroatoms. The van der Waals surface area contributed by atoms with Gasteiger partial charge in [-0.25, -0.2) is 9.18 Å². The van der Waals surface area contributed by atoms with Crippen LogP contribution in [0.25, 0.3) is 0 Å². The molecule has 14 heavy (non-hydrogen) atoms. The lowest BCUT2D eigenvalue weighted by Crippen LogP contribution is -2.19. The zero-order valence-electron chi connectivity index (χ0n) is 7.83. The summed E-state index contributed by atoms with van der Waals surface area (Å²) in [6.07, 6.45) is -0.961. The highest BCUT2D eigenvalue weighted by Gasteiger charge is 1.84. The second kappa shape index (κ2) is 6.71. The van der Waals surface area contributed by atoms with Crippen LogP contribution in [0.4, 0.5) is 14.9 Å². The number of nitrogens with one attached hydrogen (secondary N) is 1. The first-order valence-electron chi connectivity index (χ1n) is 4.04. The second-order valence-electron chi connectivity index (χ2n) is 2.39. The van der Waals surface area contributed by atoms with Crippen molar-refractivity contribution in [3.8, 4) is 0 Å². The van der Waals surface area contributed by atoms with Crippen molar-refractivity contribution in [2.24, 2.45) is 0 Å². The number of nitrogens with two attached hydrogens (primary N) is 1. The molecule has 0 unspecified atom stereocenters. The predicted molar refractivity (Wildman–Crippen MR) is 52.5 cm³/mol. The van der Waals surface area contributed by atoms with E-state index in [1.165, 1.54) is 24.3 Å². The van der Waals surface area contributed by atoms with E-state index in [4.69, 9.17) is 10.8 Å². The van der Waals surface area contributed by atoms with Gasteiger partial charge in [0, 0.05) is 12.2 Å². The van der Waals surface area contributed by atoms with Gasteiger partial charge < -0.3 is 16.2 Å². The molecule has 1 amide bonds. The second-order valence-corrected chi connectivity index (χ2v) is 2.39. The molecule has 0 saturated heterocycles. The monoisotopic (exact) mass is 200 g/mol. The number of rotatable bonds is 1. The number of anilines is 1. The van der Waals surface area contributed by atoms with E-state index in [0.717, 1.165) is 0 Å². The van der Waals surface area contributed by atoms with Crippen LogP contribution in [0.1, 0.15) is 6.92 Å². The molecule has 0 atom stereocenters. The van der Waals surface area contributed by atoms with Gasteiger partial charge in [0.25, 0.3) is 0 Å². The lowest BCUT2D eigenvalue weighted by atomic mass is 10.3. The highest BCUT2D eigenvalue weighted by atomic mass is 19.1. The maximum atomic E-state index is 12.0. The maximum Gasteiger partial charge on any atom is 0.404 e. The fourth-order valence-corrected chi connectivity index (χ4v) is 0.614. The largest absolute Gasteiger partial charge is 0.465 e. The third kappa shape index (κ3) is 6.90. The van der Waals surface area contributed by atoms with Crippen molar-refractivity contribution < 1.29 is 14.3 Å². The van der Waals surface area contributed by atoms with E-state index in [9.17, 15) is 9.18 Å². The fraction of sp³-hybridized carbons (Fsp3) is 0.222. The average molecular weight is 200 g/mol. The summed E-state index contributed by atoms with van der Waals surface area (Å²) in [7, 11) is 0. The Kier molecular flexibility index (Phi) is 5.85. The summed E-state index contributed by atoms with van der Waals surface area (Å²) in [5.74, 6) is -0.251. The molecule has 0 aliphatic rings. The topological polar surface area (TPSA) is 75.3 Å². The van der Waals surface area contributed by atoms with Crippen LogP contribution in [0.3, 0.4) is 0 Å². The Labute approximate surface area is 81.5 Å². The van der Waals surface area contributed by atoms with Crippen LogP contribution in [-0.2, 0) is 0 Å². The zero-order valence-corrected chi connectivity index (χ0v) is 7.83. The zero-order chi connectivity index (χ0) is 11.0. The summed E-state index contributed by atoms with van der Waals surface area (Å²) < 4.78 is 12.0. The molecule has 0 bridgehead atoms. The van der Waals surface area contributed by atoms with Crippen molar-refractivity contribution in [2.45, 2.75) is 6.92 Å². The summed E-state index contributed by atoms with van der Waals surface area (Å²) in [6.45, 7) is 2.21. The van der Waals surface area contributed by atoms with E-state index in [1.54, 1.807) is 6.92 Å². The number of carboxylic acid groups (broad SMARTS) is 1. The molecule has 0 aliphatic heterocycles. The van der Waals surface area contributed by atoms with Gasteiger partial charge in [0.2, 0.25) is 0 Å². The number of halogens is 1. The number of hydrogen-bond acceptors (Lipinski definition) is 2. The third-order valence-corrected chi connectivity index (χ3v) is 1.20. The Morgan fingerprint density at radius 1 is 1.50 bits per heavy atom. The lowest BCUT2D eigenvalue weighted by Gasteiger charge is -1.87. The van der Waals surface area contributed by atoms with E-state index in [-0.39, 0.29) is 5.82 Å². The molecule has 0 radical (unpaired) electrons. The Morgan fingerprint density at radius 2 is 2.00 bits per heavy atom. The van der Waals surface area contributed by atoms with Crippen LogP contribution >= 0.6 is 0 Å². The van der Waals surface area contributed by atoms with E-state index < -0.39 is 6.09 Å². The summed E-state index contributed by atoms with van der Waals surface area (Å²) in [5.41, 5.74) is 5.85. The minimum absolute atomic E-state index is 0.251. The first-order chi connectivity index (χ1) is 6.56. The SMILES string of the molecule is CCNC(=O)O.Nc1ccc(F)cc1. The number of benzene rings is 1. The van der Waals surface area contributed by atoms with Gasteiger partial charge in [-0.15, -0.1) is 0 Å². The van der Waals surface area contributed by atoms with Gasteiger partial charge in [-0.2, -0.15) is 0 Å². The molecule has 4 nitrogen and oxygen atoms in total. The molecule has 0 spiro atoms. The molecule has 78 valence electrons. The smallest absolute Gasteiger partial charge is 0.404 e. The maximum absolute atomic E-state index is 12.0. The van der Waals surface area contributed by atoms with Crippen LogP contribution in [0.5, 0.6) is 0 Å². The first-order valence-corrected chi connectivity index (χ1v) is 4.04. The number of amides is 1. The van der Waals surface area contributed by atoms with Crippen molar-refractivity contribution in [2.75, 3.05) is 12.3 Å². The predicted octanol–water partition coefficient (Wildman–Crippen LogP) is 1.68. The lowest BCUT2D eigenvalue weighted by molar-refractivity contribution is 0.195. The van der Waals surface area contributed by atoms with E-state index in [0.29, 0.717) is 12.2 Å². The van der Waals surface area contributed by atoms with E-state index in [1.807, 2.05) is 0 Å². The molecule has 0 aliphatic carbocycles. The Balaban J connectivity index is 0.000000255. The molecule has 0 heterocycles. The molecular weight excluding hydrogens is 187 g/mol. The van der Waals surface area contributed by atoms with Gasteiger partial charge in [0.05, 0.1) is 0 Å². The molecule has 0 aromatic heterocycles. The molecule has 0 saturated carbocycles. The Hall–Kier alpha value is -1.78. The number of hydrogen-bond donors (Lipinski definition) is 3. The molecule has 1 aromatic rings. The average Bonchev–Trinajstić information content (AvgIpc) is 2.11. The van der Waals surface area contributed by atoms with Crippen LogP contribution in [0, 0.1) is 5.82 Å². The first kappa shape index (κ1) is 12.2. The van der Waals surface area contributed by atoms with Crippen molar-refractivity contribution in [3.05, 3.63) is 30.1 Å². The summed E-state index contributed by atoms with van der Waals surface area (Å²) >= 11 is 0. The Morgan fingerprint density at radius 3 is 2.21 bits per heavy atom. The third-order valence-electron chi connectivity index (χ3n) is 1.20. The van der Waals surface area contributed by atoms with Gasteiger partial charge in [0.15, 0.2) is 0 Å². The summed E-state index contributed by atoms with van der Waals surface area (Å²) in [6, 6.07) is 5.70. The van der Waals surface area contributed by atoms with Gasteiger partial charge in [-0.1, -0.05) is 0 Å². The van der Waals surface area contributed by atoms with Crippen LogP contribution in [0.2, 0.25) is 0 Å². The van der Waals surface area contributed by atoms with Crippen LogP contribution < -0.4 is 11.1 Å². The van der Waals surface area contributed by atoms with Gasteiger partial charge in [-0.05, 0) is 31.2 Å². The molecule has 1 rings (SSSR count). The molecule has 1 aromatic carbocycles. The number of nitrogen functional groups attached to an aromatic ring is 1. The highest BCUT2D eigenvalue weighted by Crippen LogP contribution is 2.01. The summed E-state index contributed by atoms with van der Waals surface area (Å²) in [4.78, 5) is 9.49. The molecule has 4 N–H and O–H groups in total. The molecular formula is C9H13FN2O2. The number of carbonyl (C=O) groups is 1. The van der Waals surface area contributed by atoms with Gasteiger partial charge in [-0.3, -0.25) is 0 Å². The van der Waals surface area contributed by atoms with Gasteiger partial charge >= 0.3 is 6.09 Å². The van der Waals surface area contributed by atoms with E-state index >= 15 is 0 Å². The quantitative estimate of drug-likeness (QED) is 0.604. The van der Waals surface area contributed by atoms with E-state index in [2.05, 4.69) is 5.32 Å². The van der Waals surface area contributed by atoms with Crippen molar-refractivity contribution in [1.29, 1.82) is 0 Å². The minimum atomic E-state index is -0.961. The van der Waals surface area contributed by atoms with Crippen LogP contribution in [0.15, 0.2) is 24.3 Å². The van der Waals surface area contributed by atoms with Crippen LogP contribution in [-0.4, -0.2) is 17.7 Å². The van der Waals surface area contributed by atoms with Crippen molar-refractivity contribution in [1.82, 2.24) is 5.32 Å². The standard InChI is InChI=1S/C6H6FN.C3H7NO2/c7-5-1-3-6(8)4-2-5;1-2-4-3(5)6/h1-4H,8H2;4H,2H2,1H3,(H,5,6). The normalized spacial score (nSPS) is 8.43. The molecule has 0 fully saturated rings. The van der Waals surface area contributed by atoms with Crippen molar-refractivity contribution >= 4 is 11.8 Å². The highest BCUT2D eigenvalue weighted by molar-refractivity contribution is 5.64. The fourth-order valence-electron chi connectivity index (χ4n) is 0.614. The summed E-state index contributed by atoms with van der Waals surface area (Å²) in [5, 5.41) is 9.93. The minimum Gasteiger partial charge on any atom is -0.465 e. The Bertz CT molecular complexity index is 254. The van der Waals surface area contributed by atoms with Crippen molar-refractivity contribution in [3.63, 3.8) is 0 Å².